The van der Waals surface area contributed by atoms with Crippen LogP contribution in [0.2, 0.25) is 0 Å². The van der Waals surface area contributed by atoms with Crippen LogP contribution in [0.25, 0.3) is 0 Å². The van der Waals surface area contributed by atoms with E-state index >= 15 is 0 Å². The van der Waals surface area contributed by atoms with Crippen molar-refractivity contribution in [2.75, 3.05) is 12.0 Å². The van der Waals surface area contributed by atoms with Crippen molar-refractivity contribution in [1.82, 2.24) is 5.43 Å². The third kappa shape index (κ3) is 5.33. The van der Waals surface area contributed by atoms with Crippen LogP contribution in [0.1, 0.15) is 39.0 Å². The SMILES string of the molecule is CCOC(=O)C(NNc1ccc(Br)cc1)=[NH+]C1CCCCC1. The highest BCUT2D eigenvalue weighted by atomic mass is 79.9. The van der Waals surface area contributed by atoms with Gasteiger partial charge < -0.3 is 4.74 Å². The summed E-state index contributed by atoms with van der Waals surface area (Å²) in [6, 6.07) is 8.03. The normalized spacial score (nSPS) is 16.2. The van der Waals surface area contributed by atoms with Gasteiger partial charge in [0.15, 0.2) is 0 Å². The first-order valence-corrected chi connectivity index (χ1v) is 8.56. The molecule has 1 aromatic rings. The number of hydrogen-bond donors (Lipinski definition) is 3. The number of hydrazine groups is 1. The minimum atomic E-state index is -0.363. The smallest absolute Gasteiger partial charge is 0.423 e. The molecule has 2 rings (SSSR count). The van der Waals surface area contributed by atoms with Crippen molar-refractivity contribution in [3.05, 3.63) is 28.7 Å². The maximum Gasteiger partial charge on any atom is 0.423 e. The lowest BCUT2D eigenvalue weighted by Crippen LogP contribution is -2.84. The van der Waals surface area contributed by atoms with E-state index in [0.29, 0.717) is 18.5 Å². The Morgan fingerprint density at radius 3 is 2.59 bits per heavy atom. The molecule has 22 heavy (non-hydrogen) atoms. The number of esters is 1. The van der Waals surface area contributed by atoms with Crippen LogP contribution in [-0.4, -0.2) is 24.5 Å². The summed E-state index contributed by atoms with van der Waals surface area (Å²) in [5.74, 6) is 0.00866. The predicted molar refractivity (Wildman–Crippen MR) is 90.4 cm³/mol. The van der Waals surface area contributed by atoms with E-state index in [0.717, 1.165) is 23.0 Å². The van der Waals surface area contributed by atoms with Crippen LogP contribution in [0.15, 0.2) is 28.7 Å². The summed E-state index contributed by atoms with van der Waals surface area (Å²) in [5, 5.41) is 0. The second-order valence-corrected chi connectivity index (χ2v) is 6.25. The first-order valence-electron chi connectivity index (χ1n) is 7.77. The van der Waals surface area contributed by atoms with E-state index in [1.54, 1.807) is 6.92 Å². The zero-order chi connectivity index (χ0) is 15.8. The van der Waals surface area contributed by atoms with Crippen molar-refractivity contribution in [1.29, 1.82) is 0 Å². The number of benzene rings is 1. The van der Waals surface area contributed by atoms with Crippen molar-refractivity contribution in [2.45, 2.75) is 45.1 Å². The number of nitrogens with one attached hydrogen (secondary N) is 3. The monoisotopic (exact) mass is 368 g/mol. The summed E-state index contributed by atoms with van der Waals surface area (Å²) in [7, 11) is 0. The zero-order valence-electron chi connectivity index (χ0n) is 12.8. The molecule has 1 fully saturated rings. The van der Waals surface area contributed by atoms with Crippen LogP contribution >= 0.6 is 15.9 Å². The molecule has 1 aromatic carbocycles. The maximum atomic E-state index is 12.1. The lowest BCUT2D eigenvalue weighted by molar-refractivity contribution is -0.508. The van der Waals surface area contributed by atoms with E-state index in [1.807, 2.05) is 24.3 Å². The van der Waals surface area contributed by atoms with Crippen molar-refractivity contribution >= 4 is 33.4 Å². The van der Waals surface area contributed by atoms with Gasteiger partial charge in [-0.2, -0.15) is 5.43 Å². The first-order chi connectivity index (χ1) is 10.7. The highest BCUT2D eigenvalue weighted by Gasteiger charge is 2.23. The molecule has 0 atom stereocenters. The van der Waals surface area contributed by atoms with Gasteiger partial charge in [-0.3, -0.25) is 4.99 Å². The molecule has 0 aliphatic heterocycles. The minimum absolute atomic E-state index is 0.326. The largest absolute Gasteiger partial charge is 0.457 e. The zero-order valence-corrected chi connectivity index (χ0v) is 14.4. The van der Waals surface area contributed by atoms with Gasteiger partial charge in [-0.05, 0) is 56.9 Å². The van der Waals surface area contributed by atoms with Crippen LogP contribution in [0.3, 0.4) is 0 Å². The van der Waals surface area contributed by atoms with Gasteiger partial charge in [-0.25, -0.2) is 10.2 Å². The Bertz CT molecular complexity index is 511. The number of hydrogen-bond acceptors (Lipinski definition) is 3. The van der Waals surface area contributed by atoms with Gasteiger partial charge in [0.2, 0.25) is 0 Å². The molecule has 0 unspecified atom stereocenters. The first kappa shape index (κ1) is 16.8. The molecule has 1 aliphatic rings. The Labute approximate surface area is 139 Å². The minimum Gasteiger partial charge on any atom is -0.457 e. The number of carbonyl (C=O) groups is 1. The number of rotatable bonds is 4. The third-order valence-electron chi connectivity index (χ3n) is 3.61. The highest BCUT2D eigenvalue weighted by Crippen LogP contribution is 2.14. The molecule has 3 N–H and O–H groups in total. The summed E-state index contributed by atoms with van der Waals surface area (Å²) >= 11 is 3.40. The Morgan fingerprint density at radius 2 is 1.95 bits per heavy atom. The molecule has 0 aromatic heterocycles. The number of halogens is 1. The van der Waals surface area contributed by atoms with Gasteiger partial charge in [0.25, 0.3) is 0 Å². The highest BCUT2D eigenvalue weighted by molar-refractivity contribution is 9.10. The molecule has 5 nitrogen and oxygen atoms in total. The van der Waals surface area contributed by atoms with Gasteiger partial charge in [0.05, 0.1) is 18.3 Å². The predicted octanol–water partition coefficient (Wildman–Crippen LogP) is 1.74. The second-order valence-electron chi connectivity index (χ2n) is 5.33. The molecule has 1 saturated carbocycles. The molecule has 0 bridgehead atoms. The van der Waals surface area contributed by atoms with E-state index in [4.69, 9.17) is 4.74 Å². The van der Waals surface area contributed by atoms with Crippen LogP contribution in [0, 0.1) is 0 Å². The van der Waals surface area contributed by atoms with Crippen molar-refractivity contribution in [2.24, 2.45) is 0 Å². The Hall–Kier alpha value is -1.56. The van der Waals surface area contributed by atoms with Crippen LogP contribution in [0.4, 0.5) is 5.69 Å². The van der Waals surface area contributed by atoms with Gasteiger partial charge in [0, 0.05) is 4.47 Å². The van der Waals surface area contributed by atoms with Crippen LogP contribution < -0.4 is 15.8 Å². The Kier molecular flexibility index (Phi) is 6.71. The summed E-state index contributed by atoms with van der Waals surface area (Å²) in [5.41, 5.74) is 6.85. The van der Waals surface area contributed by atoms with Gasteiger partial charge in [0.1, 0.15) is 0 Å². The molecular formula is C16H23BrN3O2+. The molecule has 0 saturated heterocycles. The number of anilines is 1. The molecule has 0 spiro atoms. The lowest BCUT2D eigenvalue weighted by Gasteiger charge is -2.16. The number of amidine groups is 1. The van der Waals surface area contributed by atoms with E-state index < -0.39 is 0 Å². The fourth-order valence-electron chi connectivity index (χ4n) is 2.47. The Balaban J connectivity index is 2.01. The van der Waals surface area contributed by atoms with E-state index in [-0.39, 0.29) is 5.97 Å². The van der Waals surface area contributed by atoms with Crippen molar-refractivity contribution in [3.63, 3.8) is 0 Å². The standard InChI is InChI=1S/C16H22BrN3O2/c1-2-22-16(21)15(18-13-6-4-3-5-7-13)20-19-14-10-8-12(17)9-11-14/h8-11,13,19H,2-7H2,1H3,(H,18,20)/p+1. The van der Waals surface area contributed by atoms with E-state index in [2.05, 4.69) is 31.8 Å². The summed E-state index contributed by atoms with van der Waals surface area (Å²) in [6.45, 7) is 2.16. The van der Waals surface area contributed by atoms with E-state index in [1.165, 1.54) is 19.3 Å². The lowest BCUT2D eigenvalue weighted by atomic mass is 9.96. The second kappa shape index (κ2) is 8.78. The summed E-state index contributed by atoms with van der Waals surface area (Å²) < 4.78 is 6.11. The molecule has 1 aliphatic carbocycles. The third-order valence-corrected chi connectivity index (χ3v) is 4.14. The topological polar surface area (TPSA) is 64.3 Å². The van der Waals surface area contributed by atoms with Gasteiger partial charge >= 0.3 is 11.8 Å². The maximum absolute atomic E-state index is 12.1. The number of ether oxygens (including phenoxy) is 1. The summed E-state index contributed by atoms with van der Waals surface area (Å²) in [4.78, 5) is 15.3. The average molecular weight is 369 g/mol. The molecule has 0 heterocycles. The van der Waals surface area contributed by atoms with Crippen LogP contribution in [-0.2, 0) is 9.53 Å². The fraction of sp³-hybridized carbons (Fsp3) is 0.500. The van der Waals surface area contributed by atoms with Crippen molar-refractivity contribution < 1.29 is 14.5 Å². The Morgan fingerprint density at radius 1 is 1.27 bits per heavy atom. The van der Waals surface area contributed by atoms with Crippen LogP contribution in [0.5, 0.6) is 0 Å². The van der Waals surface area contributed by atoms with Gasteiger partial charge in [-0.1, -0.05) is 22.4 Å². The average Bonchev–Trinajstić information content (AvgIpc) is 2.54. The molecule has 120 valence electrons. The molecule has 0 amide bonds. The molecule has 6 heteroatoms. The number of carbonyl (C=O) groups excluding carboxylic acids is 1. The fourth-order valence-corrected chi connectivity index (χ4v) is 2.73. The van der Waals surface area contributed by atoms with Crippen molar-refractivity contribution in [3.8, 4) is 0 Å². The molecule has 0 radical (unpaired) electrons. The molecular weight excluding hydrogens is 346 g/mol. The summed E-state index contributed by atoms with van der Waals surface area (Å²) in [6.07, 6.45) is 5.85. The van der Waals surface area contributed by atoms with E-state index in [9.17, 15) is 4.79 Å². The van der Waals surface area contributed by atoms with Gasteiger partial charge in [-0.15, -0.1) is 0 Å². The quantitative estimate of drug-likeness (QED) is 0.328.